The zero-order valence-electron chi connectivity index (χ0n) is 7.96. The Bertz CT molecular complexity index is 435. The molecule has 2 atom stereocenters. The number of carbonyl (C=O) groups is 1. The first-order valence-corrected chi connectivity index (χ1v) is 5.18. The molecule has 0 bridgehead atoms. The molecule has 0 saturated carbocycles. The molecule has 1 fully saturated rings. The summed E-state index contributed by atoms with van der Waals surface area (Å²) >= 11 is 11.6. The normalized spacial score (nSPS) is 28.9. The summed E-state index contributed by atoms with van der Waals surface area (Å²) in [5.74, 6) is -0.576. The van der Waals surface area contributed by atoms with Crippen molar-refractivity contribution in [1.82, 2.24) is 0 Å². The van der Waals surface area contributed by atoms with E-state index >= 15 is 0 Å². The zero-order chi connectivity index (χ0) is 11.2. The van der Waals surface area contributed by atoms with E-state index in [4.69, 9.17) is 33.7 Å². The summed E-state index contributed by atoms with van der Waals surface area (Å²) in [5.41, 5.74) is 4.94. The SMILES string of the molecule is Cc1cc(Cl)ccc1C1(C(N)=O)OC1Cl. The Balaban J connectivity index is 2.50. The minimum atomic E-state index is -1.17. The van der Waals surface area contributed by atoms with Crippen LogP contribution in [0.3, 0.4) is 0 Å². The smallest absolute Gasteiger partial charge is 0.258 e. The van der Waals surface area contributed by atoms with Gasteiger partial charge < -0.3 is 10.5 Å². The number of carbonyl (C=O) groups excluding carboxylic acids is 1. The summed E-state index contributed by atoms with van der Waals surface area (Å²) < 4.78 is 5.12. The van der Waals surface area contributed by atoms with Crippen molar-refractivity contribution in [2.75, 3.05) is 0 Å². The van der Waals surface area contributed by atoms with Gasteiger partial charge in [0.2, 0.25) is 5.60 Å². The molecule has 2 unspecified atom stereocenters. The highest BCUT2D eigenvalue weighted by molar-refractivity contribution is 6.30. The third-order valence-electron chi connectivity index (χ3n) is 2.51. The molecular weight excluding hydrogens is 237 g/mol. The molecule has 2 N–H and O–H groups in total. The molecule has 1 aromatic rings. The predicted octanol–water partition coefficient (Wildman–Crippen LogP) is 1.92. The number of nitrogens with two attached hydrogens (primary N) is 1. The Hall–Kier alpha value is -0.770. The van der Waals surface area contributed by atoms with E-state index < -0.39 is 17.1 Å². The van der Waals surface area contributed by atoms with E-state index in [1.54, 1.807) is 18.2 Å². The summed E-state index contributed by atoms with van der Waals surface area (Å²) in [6.07, 6.45) is 0. The zero-order valence-corrected chi connectivity index (χ0v) is 9.47. The van der Waals surface area contributed by atoms with E-state index in [1.165, 1.54) is 0 Å². The van der Waals surface area contributed by atoms with Crippen LogP contribution in [0.15, 0.2) is 18.2 Å². The standard InChI is InChI=1S/C10H9Cl2NO2/c1-5-4-6(11)2-3-7(5)10(9(13)14)8(12)15-10/h2-4,8H,1H3,(H2,13,14). The molecule has 1 saturated heterocycles. The topological polar surface area (TPSA) is 55.6 Å². The van der Waals surface area contributed by atoms with Crippen molar-refractivity contribution in [1.29, 1.82) is 0 Å². The van der Waals surface area contributed by atoms with Gasteiger partial charge in [0.15, 0.2) is 5.56 Å². The van der Waals surface area contributed by atoms with Gasteiger partial charge in [0.25, 0.3) is 5.91 Å². The lowest BCUT2D eigenvalue weighted by molar-refractivity contribution is -0.123. The number of halogens is 2. The van der Waals surface area contributed by atoms with E-state index in [0.717, 1.165) is 5.56 Å². The highest BCUT2D eigenvalue weighted by Crippen LogP contribution is 2.49. The van der Waals surface area contributed by atoms with Crippen LogP contribution in [0.5, 0.6) is 0 Å². The van der Waals surface area contributed by atoms with Crippen molar-refractivity contribution in [3.8, 4) is 0 Å². The van der Waals surface area contributed by atoms with Gasteiger partial charge in [-0.15, -0.1) is 0 Å². The monoisotopic (exact) mass is 245 g/mol. The van der Waals surface area contributed by atoms with E-state index in [1.807, 2.05) is 6.92 Å². The maximum atomic E-state index is 11.3. The van der Waals surface area contributed by atoms with Gasteiger partial charge in [-0.05, 0) is 24.6 Å². The molecule has 1 heterocycles. The van der Waals surface area contributed by atoms with Gasteiger partial charge in [-0.1, -0.05) is 29.3 Å². The summed E-state index contributed by atoms with van der Waals surface area (Å²) in [7, 11) is 0. The average molecular weight is 246 g/mol. The first-order chi connectivity index (χ1) is 6.98. The molecule has 1 aliphatic heterocycles. The van der Waals surface area contributed by atoms with Crippen molar-refractivity contribution in [3.05, 3.63) is 34.3 Å². The van der Waals surface area contributed by atoms with E-state index in [2.05, 4.69) is 0 Å². The predicted molar refractivity (Wildman–Crippen MR) is 57.8 cm³/mol. The molecule has 1 aromatic carbocycles. The number of epoxide rings is 1. The fraction of sp³-hybridized carbons (Fsp3) is 0.300. The van der Waals surface area contributed by atoms with Crippen LogP contribution in [0.4, 0.5) is 0 Å². The lowest BCUT2D eigenvalue weighted by Crippen LogP contribution is -2.31. The number of aryl methyl sites for hydroxylation is 1. The van der Waals surface area contributed by atoms with Gasteiger partial charge in [-0.2, -0.15) is 0 Å². The van der Waals surface area contributed by atoms with Crippen molar-refractivity contribution in [3.63, 3.8) is 0 Å². The molecule has 1 amide bonds. The second kappa shape index (κ2) is 3.37. The first kappa shape index (κ1) is 10.7. The number of ether oxygens (including phenoxy) is 1. The molecule has 0 aliphatic carbocycles. The van der Waals surface area contributed by atoms with E-state index in [9.17, 15) is 4.79 Å². The number of rotatable bonds is 2. The highest BCUT2D eigenvalue weighted by Gasteiger charge is 2.63. The van der Waals surface area contributed by atoms with Crippen molar-refractivity contribution in [2.24, 2.45) is 5.73 Å². The van der Waals surface area contributed by atoms with Crippen LogP contribution in [-0.4, -0.2) is 11.5 Å². The van der Waals surface area contributed by atoms with Gasteiger partial charge in [0.1, 0.15) is 0 Å². The van der Waals surface area contributed by atoms with Crippen molar-refractivity contribution in [2.45, 2.75) is 18.1 Å². The Morgan fingerprint density at radius 2 is 2.20 bits per heavy atom. The minimum Gasteiger partial charge on any atom is -0.367 e. The molecule has 0 spiro atoms. The van der Waals surface area contributed by atoms with E-state index in [-0.39, 0.29) is 0 Å². The molecule has 5 heteroatoms. The summed E-state index contributed by atoms with van der Waals surface area (Å²) in [4.78, 5) is 11.3. The lowest BCUT2D eigenvalue weighted by Gasteiger charge is -2.11. The van der Waals surface area contributed by atoms with E-state index in [0.29, 0.717) is 10.6 Å². The third kappa shape index (κ3) is 1.51. The molecular formula is C10H9Cl2NO2. The van der Waals surface area contributed by atoms with Gasteiger partial charge in [-0.3, -0.25) is 4.79 Å². The number of hydrogen-bond acceptors (Lipinski definition) is 2. The van der Waals surface area contributed by atoms with Gasteiger partial charge >= 0.3 is 0 Å². The Morgan fingerprint density at radius 3 is 2.60 bits per heavy atom. The van der Waals surface area contributed by atoms with Crippen LogP contribution in [-0.2, 0) is 15.1 Å². The maximum absolute atomic E-state index is 11.3. The lowest BCUT2D eigenvalue weighted by atomic mass is 9.95. The number of primary amides is 1. The van der Waals surface area contributed by atoms with Crippen LogP contribution in [0.1, 0.15) is 11.1 Å². The fourth-order valence-electron chi connectivity index (χ4n) is 1.66. The Labute approximate surface area is 97.1 Å². The molecule has 0 radical (unpaired) electrons. The summed E-state index contributed by atoms with van der Waals surface area (Å²) in [6.45, 7) is 1.83. The summed E-state index contributed by atoms with van der Waals surface area (Å²) in [6, 6.07) is 5.14. The van der Waals surface area contributed by atoms with Crippen molar-refractivity contribution >= 4 is 29.1 Å². The highest BCUT2D eigenvalue weighted by atomic mass is 35.5. The molecule has 15 heavy (non-hydrogen) atoms. The van der Waals surface area contributed by atoms with Gasteiger partial charge in [-0.25, -0.2) is 0 Å². The number of amides is 1. The van der Waals surface area contributed by atoms with Gasteiger partial charge in [0, 0.05) is 10.6 Å². The summed E-state index contributed by atoms with van der Waals surface area (Å²) in [5, 5.41) is 0.600. The number of hydrogen-bond donors (Lipinski definition) is 1. The third-order valence-corrected chi connectivity index (χ3v) is 3.14. The fourth-order valence-corrected chi connectivity index (χ4v) is 2.25. The van der Waals surface area contributed by atoms with Crippen LogP contribution in [0.2, 0.25) is 5.02 Å². The molecule has 80 valence electrons. The molecule has 2 rings (SSSR count). The second-order valence-corrected chi connectivity index (χ2v) is 4.33. The Kier molecular flexibility index (Phi) is 2.41. The second-order valence-electron chi connectivity index (χ2n) is 3.49. The maximum Gasteiger partial charge on any atom is 0.258 e. The van der Waals surface area contributed by atoms with Crippen LogP contribution < -0.4 is 5.73 Å². The quantitative estimate of drug-likeness (QED) is 0.640. The van der Waals surface area contributed by atoms with Crippen LogP contribution >= 0.6 is 23.2 Å². The molecule has 0 aromatic heterocycles. The van der Waals surface area contributed by atoms with Crippen LogP contribution in [0, 0.1) is 6.92 Å². The Morgan fingerprint density at radius 1 is 1.60 bits per heavy atom. The molecule has 3 nitrogen and oxygen atoms in total. The van der Waals surface area contributed by atoms with Crippen LogP contribution in [0.25, 0.3) is 0 Å². The first-order valence-electron chi connectivity index (χ1n) is 4.37. The van der Waals surface area contributed by atoms with Gasteiger partial charge in [0.05, 0.1) is 0 Å². The average Bonchev–Trinajstić information content (AvgIpc) is 2.78. The molecule has 1 aliphatic rings. The number of alkyl halides is 1. The minimum absolute atomic E-state index is 0.576. The largest absolute Gasteiger partial charge is 0.367 e. The number of benzene rings is 1. The van der Waals surface area contributed by atoms with Crippen molar-refractivity contribution < 1.29 is 9.53 Å².